The molecule has 1 heterocycles. The zero-order valence-corrected chi connectivity index (χ0v) is 9.87. The van der Waals surface area contributed by atoms with Crippen LogP contribution in [0.1, 0.15) is 52.4 Å². The molecule has 2 unspecified atom stereocenters. The molecule has 2 heteroatoms. The number of piperidine rings is 1. The van der Waals surface area contributed by atoms with E-state index in [4.69, 9.17) is 0 Å². The van der Waals surface area contributed by atoms with Crippen LogP contribution in [0.3, 0.4) is 0 Å². The molecule has 1 saturated heterocycles. The van der Waals surface area contributed by atoms with Crippen molar-refractivity contribution >= 4 is 0 Å². The second kappa shape index (κ2) is 7.64. The van der Waals surface area contributed by atoms with Gasteiger partial charge in [0.2, 0.25) is 0 Å². The van der Waals surface area contributed by atoms with Gasteiger partial charge < -0.3 is 17.3 Å². The Morgan fingerprint density at radius 1 is 1.23 bits per heavy atom. The molecule has 0 aliphatic carbocycles. The van der Waals surface area contributed by atoms with E-state index in [-0.39, 0.29) is 12.4 Å². The summed E-state index contributed by atoms with van der Waals surface area (Å²) in [5.74, 6) is 0. The van der Waals surface area contributed by atoms with Crippen LogP contribution in [0, 0.1) is 0 Å². The van der Waals surface area contributed by atoms with Gasteiger partial charge in [0.25, 0.3) is 0 Å². The van der Waals surface area contributed by atoms with Gasteiger partial charge in [0.15, 0.2) is 0 Å². The van der Waals surface area contributed by atoms with Crippen molar-refractivity contribution in [2.24, 2.45) is 0 Å². The maximum absolute atomic E-state index is 2.35. The summed E-state index contributed by atoms with van der Waals surface area (Å²) in [6.07, 6.45) is 8.60. The van der Waals surface area contributed by atoms with Gasteiger partial charge >= 0.3 is 0 Å². The van der Waals surface area contributed by atoms with E-state index >= 15 is 0 Å². The van der Waals surface area contributed by atoms with Gasteiger partial charge in [-0.2, -0.15) is 0 Å². The Morgan fingerprint density at radius 2 is 2.00 bits per heavy atom. The molecule has 0 bridgehead atoms. The summed E-state index contributed by atoms with van der Waals surface area (Å²) in [4.78, 5) is 1.89. The molecule has 0 aromatic heterocycles. The Hall–Kier alpha value is 0.250. The van der Waals surface area contributed by atoms with Crippen molar-refractivity contribution in [2.75, 3.05) is 13.1 Å². The van der Waals surface area contributed by atoms with Gasteiger partial charge in [0.05, 0.1) is 19.1 Å². The van der Waals surface area contributed by atoms with Gasteiger partial charge in [-0.25, -0.2) is 0 Å². The lowest BCUT2D eigenvalue weighted by molar-refractivity contribution is -0.931. The van der Waals surface area contributed by atoms with Gasteiger partial charge in [0.1, 0.15) is 0 Å². The predicted octanol–water partition coefficient (Wildman–Crippen LogP) is -1.36. The highest BCUT2D eigenvalue weighted by atomic mass is 35.5. The Bertz CT molecular complexity index is 117. The van der Waals surface area contributed by atoms with Crippen LogP contribution in [0.25, 0.3) is 0 Å². The quantitative estimate of drug-likeness (QED) is 0.579. The van der Waals surface area contributed by atoms with Crippen LogP contribution in [0.4, 0.5) is 0 Å². The molecular weight excluding hydrogens is 182 g/mol. The second-order valence-corrected chi connectivity index (χ2v) is 4.11. The smallest absolute Gasteiger partial charge is 0.0872 e. The molecular formula is C11H24ClN. The van der Waals surface area contributed by atoms with E-state index in [1.807, 2.05) is 4.90 Å². The Morgan fingerprint density at radius 3 is 2.62 bits per heavy atom. The Kier molecular flexibility index (Phi) is 7.78. The first kappa shape index (κ1) is 13.2. The third-order valence-corrected chi connectivity index (χ3v) is 3.22. The van der Waals surface area contributed by atoms with Crippen molar-refractivity contribution in [2.45, 2.75) is 58.4 Å². The summed E-state index contributed by atoms with van der Waals surface area (Å²) in [5.41, 5.74) is 0. The van der Waals surface area contributed by atoms with E-state index in [0.29, 0.717) is 0 Å². The molecule has 1 nitrogen and oxygen atoms in total. The Labute approximate surface area is 89.3 Å². The maximum atomic E-state index is 2.35. The molecule has 1 rings (SSSR count). The third kappa shape index (κ3) is 4.33. The van der Waals surface area contributed by atoms with E-state index in [9.17, 15) is 0 Å². The SMILES string of the molecule is CCCC[NH+]1CCCCC1CC.[Cl-]. The third-order valence-electron chi connectivity index (χ3n) is 3.22. The van der Waals surface area contributed by atoms with Crippen molar-refractivity contribution in [3.63, 3.8) is 0 Å². The van der Waals surface area contributed by atoms with Crippen LogP contribution < -0.4 is 17.3 Å². The Balaban J connectivity index is 0.00000144. The lowest BCUT2D eigenvalue weighted by atomic mass is 10.00. The van der Waals surface area contributed by atoms with Crippen molar-refractivity contribution in [3.8, 4) is 0 Å². The molecule has 1 fully saturated rings. The van der Waals surface area contributed by atoms with E-state index in [1.54, 1.807) is 0 Å². The summed E-state index contributed by atoms with van der Waals surface area (Å²) in [5, 5.41) is 0. The zero-order valence-electron chi connectivity index (χ0n) is 9.11. The molecule has 0 radical (unpaired) electrons. The normalized spacial score (nSPS) is 28.2. The van der Waals surface area contributed by atoms with Crippen LogP contribution >= 0.6 is 0 Å². The number of rotatable bonds is 4. The van der Waals surface area contributed by atoms with Crippen LogP contribution in [-0.2, 0) is 0 Å². The van der Waals surface area contributed by atoms with Gasteiger partial charge in [-0.3, -0.25) is 0 Å². The van der Waals surface area contributed by atoms with Crippen LogP contribution in [0.2, 0.25) is 0 Å². The molecule has 0 aromatic carbocycles. The molecule has 13 heavy (non-hydrogen) atoms. The summed E-state index contributed by atoms with van der Waals surface area (Å²) < 4.78 is 0. The minimum Gasteiger partial charge on any atom is -1.00 e. The number of hydrogen-bond donors (Lipinski definition) is 1. The fourth-order valence-corrected chi connectivity index (χ4v) is 2.38. The topological polar surface area (TPSA) is 4.44 Å². The maximum Gasteiger partial charge on any atom is 0.0872 e. The number of quaternary nitrogens is 1. The lowest BCUT2D eigenvalue weighted by Crippen LogP contribution is -3.16. The van der Waals surface area contributed by atoms with Crippen LogP contribution in [0.5, 0.6) is 0 Å². The van der Waals surface area contributed by atoms with Crippen LogP contribution in [0.15, 0.2) is 0 Å². The van der Waals surface area contributed by atoms with E-state index in [2.05, 4.69) is 13.8 Å². The van der Waals surface area contributed by atoms with Gasteiger partial charge in [-0.15, -0.1) is 0 Å². The van der Waals surface area contributed by atoms with Crippen molar-refractivity contribution in [1.82, 2.24) is 0 Å². The van der Waals surface area contributed by atoms with Gasteiger partial charge in [0, 0.05) is 0 Å². The van der Waals surface area contributed by atoms with Gasteiger partial charge in [-0.1, -0.05) is 20.3 Å². The number of likely N-dealkylation sites (tertiary alicyclic amines) is 1. The predicted molar refractivity (Wildman–Crippen MR) is 53.5 cm³/mol. The highest BCUT2D eigenvalue weighted by Gasteiger charge is 2.23. The average molecular weight is 206 g/mol. The number of unbranched alkanes of at least 4 members (excludes halogenated alkanes) is 1. The lowest BCUT2D eigenvalue weighted by Gasteiger charge is -2.31. The van der Waals surface area contributed by atoms with Gasteiger partial charge in [-0.05, 0) is 32.1 Å². The molecule has 1 aliphatic rings. The highest BCUT2D eigenvalue weighted by Crippen LogP contribution is 2.05. The summed E-state index contributed by atoms with van der Waals surface area (Å²) >= 11 is 0. The molecule has 0 amide bonds. The minimum atomic E-state index is 0. The van der Waals surface area contributed by atoms with E-state index < -0.39 is 0 Å². The summed E-state index contributed by atoms with van der Waals surface area (Å²) in [6.45, 7) is 7.51. The average Bonchev–Trinajstić information content (AvgIpc) is 2.15. The molecule has 0 aromatic rings. The van der Waals surface area contributed by atoms with Crippen LogP contribution in [-0.4, -0.2) is 19.1 Å². The van der Waals surface area contributed by atoms with E-state index in [1.165, 1.54) is 51.6 Å². The second-order valence-electron chi connectivity index (χ2n) is 4.11. The largest absolute Gasteiger partial charge is 1.00 e. The first-order valence-electron chi connectivity index (χ1n) is 5.73. The number of nitrogens with one attached hydrogen (secondary N) is 1. The van der Waals surface area contributed by atoms with Crippen molar-refractivity contribution in [1.29, 1.82) is 0 Å². The highest BCUT2D eigenvalue weighted by molar-refractivity contribution is 4.59. The molecule has 1 aliphatic heterocycles. The molecule has 0 saturated carbocycles. The first-order valence-corrected chi connectivity index (χ1v) is 5.73. The number of hydrogen-bond acceptors (Lipinski definition) is 0. The zero-order chi connectivity index (χ0) is 8.81. The molecule has 2 atom stereocenters. The minimum absolute atomic E-state index is 0. The monoisotopic (exact) mass is 205 g/mol. The molecule has 0 spiro atoms. The summed E-state index contributed by atoms with van der Waals surface area (Å²) in [7, 11) is 0. The number of halogens is 1. The first-order chi connectivity index (χ1) is 5.88. The van der Waals surface area contributed by atoms with Crippen molar-refractivity contribution < 1.29 is 17.3 Å². The fourth-order valence-electron chi connectivity index (χ4n) is 2.38. The molecule has 1 N–H and O–H groups in total. The summed E-state index contributed by atoms with van der Waals surface area (Å²) in [6, 6.07) is 0.991. The standard InChI is InChI=1S/C11H23N.ClH/c1-3-5-9-12-10-7-6-8-11(12)4-2;/h11H,3-10H2,1-2H3;1H. The van der Waals surface area contributed by atoms with Crippen molar-refractivity contribution in [3.05, 3.63) is 0 Å². The molecule has 80 valence electrons. The fraction of sp³-hybridized carbons (Fsp3) is 1.00. The van der Waals surface area contributed by atoms with E-state index in [0.717, 1.165) is 6.04 Å².